The number of hydrogen-bond donors (Lipinski definition) is 1. The second-order valence-electron chi connectivity index (χ2n) is 4.25. The zero-order valence-corrected chi connectivity index (χ0v) is 11.5. The summed E-state index contributed by atoms with van der Waals surface area (Å²) >= 11 is 1.08. The average Bonchev–Trinajstić information content (AvgIpc) is 2.70. The third kappa shape index (κ3) is 3.21. The van der Waals surface area contributed by atoms with Crippen LogP contribution in [0.4, 0.5) is 4.39 Å². The Morgan fingerprint density at radius 3 is 2.80 bits per heavy atom. The van der Waals surface area contributed by atoms with Gasteiger partial charge in [-0.1, -0.05) is 23.5 Å². The molecule has 0 bridgehead atoms. The molecule has 1 aromatic carbocycles. The Kier molecular flexibility index (Phi) is 4.14. The van der Waals surface area contributed by atoms with Gasteiger partial charge in [-0.05, 0) is 24.6 Å². The van der Waals surface area contributed by atoms with Crippen molar-refractivity contribution >= 4 is 23.4 Å². The van der Waals surface area contributed by atoms with Crippen LogP contribution in [0.2, 0.25) is 0 Å². The highest BCUT2D eigenvalue weighted by molar-refractivity contribution is 7.07. The molecule has 0 spiro atoms. The molecule has 6 heteroatoms. The number of benzene rings is 1. The van der Waals surface area contributed by atoms with Gasteiger partial charge in [-0.3, -0.25) is 9.36 Å². The molecule has 0 aliphatic rings. The monoisotopic (exact) mass is 293 g/mol. The number of carboxylic acid groups (broad SMARTS) is 1. The van der Waals surface area contributed by atoms with E-state index in [4.69, 9.17) is 5.11 Å². The van der Waals surface area contributed by atoms with Gasteiger partial charge < -0.3 is 5.11 Å². The predicted molar refractivity (Wildman–Crippen MR) is 75.5 cm³/mol. The summed E-state index contributed by atoms with van der Waals surface area (Å²) in [5, 5.41) is 10.2. The van der Waals surface area contributed by atoms with E-state index in [-0.39, 0.29) is 11.4 Å². The normalized spacial score (nSPS) is 11.1. The molecule has 1 N–H and O–H groups in total. The molecule has 0 aliphatic heterocycles. The smallest absolute Gasteiger partial charge is 0.328 e. The van der Waals surface area contributed by atoms with Crippen LogP contribution in [-0.2, 0) is 11.3 Å². The van der Waals surface area contributed by atoms with Crippen molar-refractivity contribution in [3.63, 3.8) is 0 Å². The lowest BCUT2D eigenvalue weighted by Crippen LogP contribution is -2.16. The quantitative estimate of drug-likeness (QED) is 0.881. The zero-order valence-electron chi connectivity index (χ0n) is 10.7. The molecule has 0 atom stereocenters. The van der Waals surface area contributed by atoms with Gasteiger partial charge in [0.2, 0.25) is 0 Å². The Hall–Kier alpha value is -2.21. The topological polar surface area (TPSA) is 59.3 Å². The number of halogens is 1. The summed E-state index contributed by atoms with van der Waals surface area (Å²) in [6, 6.07) is 4.42. The summed E-state index contributed by atoms with van der Waals surface area (Å²) in [5.41, 5.74) is 1.64. The highest BCUT2D eigenvalue weighted by Crippen LogP contribution is 2.14. The van der Waals surface area contributed by atoms with Crippen molar-refractivity contribution in [3.05, 3.63) is 62.0 Å². The van der Waals surface area contributed by atoms with E-state index >= 15 is 0 Å². The van der Waals surface area contributed by atoms with Gasteiger partial charge in [0.05, 0.1) is 6.54 Å². The molecule has 0 amide bonds. The van der Waals surface area contributed by atoms with E-state index in [0.717, 1.165) is 23.1 Å². The number of carboxylic acids is 1. The van der Waals surface area contributed by atoms with Crippen LogP contribution in [0, 0.1) is 12.7 Å². The number of thiazole rings is 1. The predicted octanol–water partition coefficient (Wildman–Crippen LogP) is 2.50. The molecule has 0 radical (unpaired) electrons. The first-order valence-electron chi connectivity index (χ1n) is 5.82. The molecule has 20 heavy (non-hydrogen) atoms. The standard InChI is InChI=1S/C14H12FNO3S/c1-9-8-20-14(19)16(9)7-11-4-2-10(6-12(11)15)3-5-13(17)18/h2-6,8H,7H2,1H3,(H,17,18). The molecular formula is C14H12FNO3S. The summed E-state index contributed by atoms with van der Waals surface area (Å²) in [5.74, 6) is -1.55. The van der Waals surface area contributed by atoms with Crippen molar-refractivity contribution in [1.29, 1.82) is 0 Å². The van der Waals surface area contributed by atoms with Crippen molar-refractivity contribution in [3.8, 4) is 0 Å². The SMILES string of the molecule is Cc1csc(=O)n1Cc1ccc(C=CC(=O)O)cc1F. The van der Waals surface area contributed by atoms with Crippen LogP contribution in [0.25, 0.3) is 6.08 Å². The minimum atomic E-state index is -1.09. The molecule has 2 rings (SSSR count). The van der Waals surface area contributed by atoms with Crippen LogP contribution in [0.5, 0.6) is 0 Å². The van der Waals surface area contributed by atoms with Gasteiger partial charge in [0, 0.05) is 22.7 Å². The number of hydrogen-bond acceptors (Lipinski definition) is 3. The fraction of sp³-hybridized carbons (Fsp3) is 0.143. The highest BCUT2D eigenvalue weighted by Gasteiger charge is 2.08. The minimum Gasteiger partial charge on any atom is -0.478 e. The maximum Gasteiger partial charge on any atom is 0.328 e. The van der Waals surface area contributed by atoms with E-state index in [9.17, 15) is 14.0 Å². The average molecular weight is 293 g/mol. The summed E-state index contributed by atoms with van der Waals surface area (Å²) in [4.78, 5) is 21.8. The lowest BCUT2D eigenvalue weighted by Gasteiger charge is -2.06. The second kappa shape index (κ2) is 5.83. The molecule has 0 fully saturated rings. The summed E-state index contributed by atoms with van der Waals surface area (Å²) in [7, 11) is 0. The van der Waals surface area contributed by atoms with Crippen molar-refractivity contribution in [2.45, 2.75) is 13.5 Å². The van der Waals surface area contributed by atoms with E-state index in [0.29, 0.717) is 11.1 Å². The van der Waals surface area contributed by atoms with E-state index in [2.05, 4.69) is 0 Å². The van der Waals surface area contributed by atoms with Gasteiger partial charge in [-0.25, -0.2) is 9.18 Å². The number of aliphatic carboxylic acids is 1. The van der Waals surface area contributed by atoms with Crippen molar-refractivity contribution in [2.75, 3.05) is 0 Å². The molecule has 1 aromatic heterocycles. The molecule has 0 saturated heterocycles. The molecule has 104 valence electrons. The van der Waals surface area contributed by atoms with Gasteiger partial charge in [0.25, 0.3) is 0 Å². The van der Waals surface area contributed by atoms with Gasteiger partial charge in [-0.15, -0.1) is 0 Å². The molecule has 1 heterocycles. The molecule has 2 aromatic rings. The second-order valence-corrected chi connectivity index (χ2v) is 5.07. The number of rotatable bonds is 4. The summed E-state index contributed by atoms with van der Waals surface area (Å²) < 4.78 is 15.4. The van der Waals surface area contributed by atoms with E-state index < -0.39 is 11.8 Å². The van der Waals surface area contributed by atoms with Crippen LogP contribution in [0.1, 0.15) is 16.8 Å². The van der Waals surface area contributed by atoms with Crippen LogP contribution < -0.4 is 4.87 Å². The summed E-state index contributed by atoms with van der Waals surface area (Å²) in [6.45, 7) is 1.96. The van der Waals surface area contributed by atoms with Crippen molar-refractivity contribution < 1.29 is 14.3 Å². The zero-order chi connectivity index (χ0) is 14.7. The van der Waals surface area contributed by atoms with E-state index in [1.165, 1.54) is 16.7 Å². The lowest BCUT2D eigenvalue weighted by molar-refractivity contribution is -0.131. The molecule has 0 unspecified atom stereocenters. The van der Waals surface area contributed by atoms with Crippen molar-refractivity contribution in [2.24, 2.45) is 0 Å². The Labute approximate surface area is 118 Å². The minimum absolute atomic E-state index is 0.128. The number of aryl methyl sites for hydroxylation is 1. The van der Waals surface area contributed by atoms with Gasteiger partial charge >= 0.3 is 10.8 Å². The lowest BCUT2D eigenvalue weighted by atomic mass is 10.1. The molecule has 4 nitrogen and oxygen atoms in total. The highest BCUT2D eigenvalue weighted by atomic mass is 32.1. The first-order chi connectivity index (χ1) is 9.47. The van der Waals surface area contributed by atoms with E-state index in [1.54, 1.807) is 24.4 Å². The Balaban J connectivity index is 2.27. The third-order valence-corrected chi connectivity index (χ3v) is 3.68. The largest absolute Gasteiger partial charge is 0.478 e. The number of aromatic nitrogens is 1. The van der Waals surface area contributed by atoms with Crippen LogP contribution in [-0.4, -0.2) is 15.6 Å². The molecule has 0 saturated carbocycles. The Morgan fingerprint density at radius 2 is 2.25 bits per heavy atom. The van der Waals surface area contributed by atoms with E-state index in [1.807, 2.05) is 0 Å². The molecule has 0 aliphatic carbocycles. The number of carbonyl (C=O) groups is 1. The van der Waals surface area contributed by atoms with Crippen LogP contribution >= 0.6 is 11.3 Å². The first-order valence-corrected chi connectivity index (χ1v) is 6.69. The van der Waals surface area contributed by atoms with Gasteiger partial charge in [0.15, 0.2) is 0 Å². The Bertz CT molecular complexity index is 730. The maximum atomic E-state index is 13.9. The number of nitrogens with zero attached hydrogens (tertiary/aromatic N) is 1. The fourth-order valence-electron chi connectivity index (χ4n) is 1.73. The molecular weight excluding hydrogens is 281 g/mol. The summed E-state index contributed by atoms with van der Waals surface area (Å²) in [6.07, 6.45) is 2.26. The maximum absolute atomic E-state index is 13.9. The fourth-order valence-corrected chi connectivity index (χ4v) is 2.46. The van der Waals surface area contributed by atoms with Crippen molar-refractivity contribution in [1.82, 2.24) is 4.57 Å². The Morgan fingerprint density at radius 1 is 1.50 bits per heavy atom. The van der Waals surface area contributed by atoms with Gasteiger partial charge in [-0.2, -0.15) is 0 Å². The van der Waals surface area contributed by atoms with Crippen LogP contribution in [0.15, 0.2) is 34.4 Å². The van der Waals surface area contributed by atoms with Gasteiger partial charge in [0.1, 0.15) is 5.82 Å². The first kappa shape index (κ1) is 14.2. The van der Waals surface area contributed by atoms with Crippen LogP contribution in [0.3, 0.4) is 0 Å². The third-order valence-electron chi connectivity index (χ3n) is 2.80.